The zero-order valence-corrected chi connectivity index (χ0v) is 15.5. The Hall–Kier alpha value is -1.64. The molecule has 2 aliphatic rings. The number of carbonyl (C=O) groups excluding carboxylic acids is 1. The molecule has 2 fully saturated rings. The molecular weight excluding hydrogens is 342 g/mol. The second kappa shape index (κ2) is 7.31. The average Bonchev–Trinajstić information content (AvgIpc) is 2.49. The number of anilines is 1. The maximum atomic E-state index is 12.3. The first-order valence-corrected chi connectivity index (χ1v) is 10.4. The Morgan fingerprint density at radius 2 is 1.92 bits per heavy atom. The minimum absolute atomic E-state index is 0.0317. The molecule has 7 nitrogen and oxygen atoms in total. The van der Waals surface area contributed by atoms with Crippen molar-refractivity contribution in [3.05, 3.63) is 29.8 Å². The van der Waals surface area contributed by atoms with Gasteiger partial charge in [-0.2, -0.15) is 4.31 Å². The third-order valence-corrected chi connectivity index (χ3v) is 6.07. The van der Waals surface area contributed by atoms with Crippen LogP contribution in [0.5, 0.6) is 0 Å². The number of nitrogens with one attached hydrogen (secondary N) is 1. The van der Waals surface area contributed by atoms with Gasteiger partial charge < -0.3 is 15.0 Å². The lowest BCUT2D eigenvalue weighted by Crippen LogP contribution is -2.65. The van der Waals surface area contributed by atoms with E-state index in [2.05, 4.69) is 5.32 Å². The molecule has 0 bridgehead atoms. The van der Waals surface area contributed by atoms with Gasteiger partial charge in [0.05, 0.1) is 12.3 Å². The van der Waals surface area contributed by atoms with Gasteiger partial charge in [0.2, 0.25) is 10.0 Å². The van der Waals surface area contributed by atoms with Crippen molar-refractivity contribution < 1.29 is 17.9 Å². The molecule has 2 aliphatic heterocycles. The molecule has 1 aromatic rings. The highest BCUT2D eigenvalue weighted by Gasteiger charge is 2.42. The number of likely N-dealkylation sites (tertiary alicyclic amines) is 1. The Morgan fingerprint density at radius 1 is 1.24 bits per heavy atom. The fraction of sp³-hybridized carbons (Fsp3) is 0.588. The van der Waals surface area contributed by atoms with Crippen molar-refractivity contribution in [2.24, 2.45) is 0 Å². The fourth-order valence-electron chi connectivity index (χ4n) is 3.49. The summed E-state index contributed by atoms with van der Waals surface area (Å²) in [6.45, 7) is 3.97. The van der Waals surface area contributed by atoms with E-state index in [0.29, 0.717) is 39.1 Å². The molecule has 3 rings (SSSR count). The lowest BCUT2D eigenvalue weighted by molar-refractivity contribution is 0.0246. The first kappa shape index (κ1) is 18.2. The van der Waals surface area contributed by atoms with E-state index in [9.17, 15) is 13.2 Å². The lowest BCUT2D eigenvalue weighted by Gasteiger charge is -2.47. The topological polar surface area (TPSA) is 79.0 Å². The van der Waals surface area contributed by atoms with E-state index in [-0.39, 0.29) is 18.1 Å². The van der Waals surface area contributed by atoms with Crippen molar-refractivity contribution in [2.45, 2.75) is 31.8 Å². The van der Waals surface area contributed by atoms with Gasteiger partial charge in [-0.05, 0) is 37.5 Å². The minimum atomic E-state index is -3.32. The summed E-state index contributed by atoms with van der Waals surface area (Å²) in [5.74, 6) is 0. The average molecular weight is 367 g/mol. The summed E-state index contributed by atoms with van der Waals surface area (Å²) in [7, 11) is -3.32. The van der Waals surface area contributed by atoms with Crippen molar-refractivity contribution in [3.8, 4) is 0 Å². The summed E-state index contributed by atoms with van der Waals surface area (Å²) < 4.78 is 31.4. The van der Waals surface area contributed by atoms with E-state index < -0.39 is 10.0 Å². The predicted octanol–water partition coefficient (Wildman–Crippen LogP) is 1.65. The zero-order valence-electron chi connectivity index (χ0n) is 14.6. The van der Waals surface area contributed by atoms with Crippen molar-refractivity contribution in [1.29, 1.82) is 0 Å². The van der Waals surface area contributed by atoms with Crippen LogP contribution in [0.15, 0.2) is 24.3 Å². The van der Waals surface area contributed by atoms with Crippen LogP contribution in [0.1, 0.15) is 18.4 Å². The monoisotopic (exact) mass is 367 g/mol. The molecule has 0 aromatic heterocycles. The maximum Gasteiger partial charge on any atom is 0.321 e. The van der Waals surface area contributed by atoms with E-state index >= 15 is 0 Å². The van der Waals surface area contributed by atoms with Gasteiger partial charge in [0, 0.05) is 38.0 Å². The molecule has 25 heavy (non-hydrogen) atoms. The molecular formula is C17H25N3O4S. The third-order valence-electron chi connectivity index (χ3n) is 4.71. The van der Waals surface area contributed by atoms with Crippen molar-refractivity contribution in [2.75, 3.05) is 37.9 Å². The van der Waals surface area contributed by atoms with E-state index in [1.807, 2.05) is 31.2 Å². The molecule has 2 saturated heterocycles. The lowest BCUT2D eigenvalue weighted by atomic mass is 10.0. The van der Waals surface area contributed by atoms with Crippen molar-refractivity contribution >= 4 is 21.7 Å². The molecule has 8 heteroatoms. The van der Waals surface area contributed by atoms with E-state index in [4.69, 9.17) is 4.74 Å². The van der Waals surface area contributed by atoms with Crippen LogP contribution >= 0.6 is 0 Å². The third kappa shape index (κ3) is 4.31. The van der Waals surface area contributed by atoms with E-state index in [1.165, 1.54) is 6.26 Å². The Kier molecular flexibility index (Phi) is 5.31. The molecule has 0 radical (unpaired) electrons. The molecule has 0 saturated carbocycles. The number of benzene rings is 1. The summed E-state index contributed by atoms with van der Waals surface area (Å²) in [5.41, 5.74) is 1.82. The van der Waals surface area contributed by atoms with Crippen LogP contribution in [0, 0.1) is 6.92 Å². The zero-order chi connectivity index (χ0) is 18.0. The van der Waals surface area contributed by atoms with E-state index in [1.54, 1.807) is 9.21 Å². The number of rotatable bonds is 4. The Labute approximate surface area is 149 Å². The number of aryl methyl sites for hydroxylation is 1. The molecule has 2 heterocycles. The van der Waals surface area contributed by atoms with Gasteiger partial charge in [0.15, 0.2) is 0 Å². The minimum Gasteiger partial charge on any atom is -0.381 e. The van der Waals surface area contributed by atoms with Crippen LogP contribution in [0.4, 0.5) is 10.5 Å². The summed E-state index contributed by atoms with van der Waals surface area (Å²) in [6, 6.07) is 7.22. The Morgan fingerprint density at radius 3 is 2.52 bits per heavy atom. The number of urea groups is 1. The molecule has 138 valence electrons. The van der Waals surface area contributed by atoms with Gasteiger partial charge in [0.1, 0.15) is 0 Å². The number of carbonyl (C=O) groups is 1. The molecule has 1 aromatic carbocycles. The van der Waals surface area contributed by atoms with Gasteiger partial charge in [-0.3, -0.25) is 0 Å². The van der Waals surface area contributed by atoms with Gasteiger partial charge in [-0.1, -0.05) is 12.1 Å². The highest BCUT2D eigenvalue weighted by Crippen LogP contribution is 2.26. The van der Waals surface area contributed by atoms with Crippen molar-refractivity contribution in [3.63, 3.8) is 0 Å². The van der Waals surface area contributed by atoms with Gasteiger partial charge >= 0.3 is 6.03 Å². The number of nitrogens with zero attached hydrogens (tertiary/aromatic N) is 2. The first-order valence-electron chi connectivity index (χ1n) is 8.53. The summed E-state index contributed by atoms with van der Waals surface area (Å²) in [4.78, 5) is 14.0. The quantitative estimate of drug-likeness (QED) is 0.878. The Bertz CT molecular complexity index is 725. The maximum absolute atomic E-state index is 12.3. The SMILES string of the molecule is Cc1cccc(NC(=O)N2CC(N(C3CCOCC3)S(C)(=O)=O)C2)c1. The number of amides is 2. The fourth-order valence-corrected chi connectivity index (χ4v) is 4.91. The molecule has 0 unspecified atom stereocenters. The number of hydrogen-bond acceptors (Lipinski definition) is 4. The molecule has 0 atom stereocenters. The predicted molar refractivity (Wildman–Crippen MR) is 96.1 cm³/mol. The summed E-state index contributed by atoms with van der Waals surface area (Å²) in [6.07, 6.45) is 2.66. The Balaban J connectivity index is 1.60. The smallest absolute Gasteiger partial charge is 0.321 e. The van der Waals surface area contributed by atoms with Gasteiger partial charge in [-0.25, -0.2) is 13.2 Å². The van der Waals surface area contributed by atoms with Crippen LogP contribution in [-0.2, 0) is 14.8 Å². The van der Waals surface area contributed by atoms with Gasteiger partial charge in [0.25, 0.3) is 0 Å². The van der Waals surface area contributed by atoms with Crippen LogP contribution in [0.25, 0.3) is 0 Å². The van der Waals surface area contributed by atoms with Crippen LogP contribution in [0.3, 0.4) is 0 Å². The molecule has 0 spiro atoms. The van der Waals surface area contributed by atoms with E-state index in [0.717, 1.165) is 11.3 Å². The number of sulfonamides is 1. The second-order valence-corrected chi connectivity index (χ2v) is 8.68. The first-order chi connectivity index (χ1) is 11.8. The second-order valence-electron chi connectivity index (χ2n) is 6.79. The highest BCUT2D eigenvalue weighted by atomic mass is 32.2. The highest BCUT2D eigenvalue weighted by molar-refractivity contribution is 7.88. The molecule has 1 N–H and O–H groups in total. The van der Waals surface area contributed by atoms with Gasteiger partial charge in [-0.15, -0.1) is 0 Å². The largest absolute Gasteiger partial charge is 0.381 e. The number of hydrogen-bond donors (Lipinski definition) is 1. The van der Waals surface area contributed by atoms with Crippen molar-refractivity contribution in [1.82, 2.24) is 9.21 Å². The summed E-state index contributed by atoms with van der Waals surface area (Å²) >= 11 is 0. The van der Waals surface area contributed by atoms with Crippen LogP contribution in [-0.4, -0.2) is 68.3 Å². The standard InChI is InChI=1S/C17H25N3O4S/c1-13-4-3-5-14(10-13)18-17(21)19-11-16(12-19)20(25(2,22)23)15-6-8-24-9-7-15/h3-5,10,15-16H,6-9,11-12H2,1-2H3,(H,18,21). The summed E-state index contributed by atoms with van der Waals surface area (Å²) in [5, 5.41) is 2.86. The van der Waals surface area contributed by atoms with Crippen LogP contribution in [0.2, 0.25) is 0 Å². The number of ether oxygens (including phenoxy) is 1. The van der Waals surface area contributed by atoms with Crippen LogP contribution < -0.4 is 5.32 Å². The molecule has 2 amide bonds. The normalized spacial score (nSPS) is 19.7. The molecule has 0 aliphatic carbocycles.